The Morgan fingerprint density at radius 2 is 2.12 bits per heavy atom. The molecule has 0 aliphatic carbocycles. The second kappa shape index (κ2) is 7.63. The van der Waals surface area contributed by atoms with Crippen molar-refractivity contribution in [1.29, 1.82) is 0 Å². The lowest BCUT2D eigenvalue weighted by atomic mass is 9.88. The zero-order valence-electron chi connectivity index (χ0n) is 10.9. The van der Waals surface area contributed by atoms with Gasteiger partial charge in [0.25, 0.3) is 0 Å². The van der Waals surface area contributed by atoms with Gasteiger partial charge in [0.1, 0.15) is 0 Å². The Labute approximate surface area is 98.4 Å². The maximum absolute atomic E-state index is 10.9. The molecule has 0 saturated carbocycles. The third-order valence-electron chi connectivity index (χ3n) is 2.54. The number of ether oxygens (including phenoxy) is 1. The zero-order chi connectivity index (χ0) is 12.6. The molecular formula is C12H25NO3. The highest BCUT2D eigenvalue weighted by Gasteiger charge is 2.17. The van der Waals surface area contributed by atoms with E-state index in [1.807, 2.05) is 0 Å². The van der Waals surface area contributed by atoms with E-state index in [4.69, 9.17) is 0 Å². The number of aliphatic hydroxyl groups excluding tert-OH is 1. The Kier molecular flexibility index (Phi) is 7.34. The second-order valence-electron chi connectivity index (χ2n) is 4.98. The van der Waals surface area contributed by atoms with Crippen molar-refractivity contribution >= 4 is 5.97 Å². The lowest BCUT2D eigenvalue weighted by Crippen LogP contribution is -2.35. The molecule has 0 spiro atoms. The largest absolute Gasteiger partial charge is 0.469 e. The molecule has 0 saturated heterocycles. The molecule has 0 aromatic rings. The normalized spacial score (nSPS) is 13.6. The van der Waals surface area contributed by atoms with E-state index in [2.05, 4.69) is 30.8 Å². The molecule has 0 radical (unpaired) electrons. The van der Waals surface area contributed by atoms with E-state index in [0.29, 0.717) is 6.54 Å². The van der Waals surface area contributed by atoms with Gasteiger partial charge in [-0.25, -0.2) is 0 Å². The average molecular weight is 231 g/mol. The fraction of sp³-hybridized carbons (Fsp3) is 0.917. The summed E-state index contributed by atoms with van der Waals surface area (Å²) >= 11 is 0. The van der Waals surface area contributed by atoms with Gasteiger partial charge in [0.15, 0.2) is 0 Å². The van der Waals surface area contributed by atoms with Gasteiger partial charge in [0.2, 0.25) is 0 Å². The number of rotatable bonds is 8. The molecule has 1 unspecified atom stereocenters. The number of aliphatic hydroxyl groups is 1. The van der Waals surface area contributed by atoms with Crippen LogP contribution in [-0.2, 0) is 9.53 Å². The molecule has 16 heavy (non-hydrogen) atoms. The highest BCUT2D eigenvalue weighted by Crippen LogP contribution is 2.20. The topological polar surface area (TPSA) is 58.6 Å². The van der Waals surface area contributed by atoms with Crippen LogP contribution in [-0.4, -0.2) is 37.4 Å². The molecule has 0 bridgehead atoms. The van der Waals surface area contributed by atoms with Crippen LogP contribution in [0.4, 0.5) is 0 Å². The van der Waals surface area contributed by atoms with Crippen LogP contribution < -0.4 is 5.32 Å². The van der Waals surface area contributed by atoms with E-state index in [1.54, 1.807) is 0 Å². The summed E-state index contributed by atoms with van der Waals surface area (Å²) in [7, 11) is 1.33. The number of esters is 1. The Morgan fingerprint density at radius 1 is 1.50 bits per heavy atom. The maximum atomic E-state index is 10.9. The minimum absolute atomic E-state index is 0.0533. The van der Waals surface area contributed by atoms with Gasteiger partial charge in [-0.2, -0.15) is 0 Å². The second-order valence-corrected chi connectivity index (χ2v) is 4.98. The summed E-state index contributed by atoms with van der Waals surface area (Å²) in [4.78, 5) is 10.9. The number of hydrogen-bond acceptors (Lipinski definition) is 4. The van der Waals surface area contributed by atoms with E-state index in [9.17, 15) is 9.90 Å². The first-order valence-electron chi connectivity index (χ1n) is 5.87. The smallest absolute Gasteiger partial charge is 0.308 e. The molecule has 1 atom stereocenters. The fourth-order valence-electron chi connectivity index (χ4n) is 1.69. The molecule has 96 valence electrons. The quantitative estimate of drug-likeness (QED) is 0.619. The molecule has 4 nitrogen and oxygen atoms in total. The molecule has 0 aliphatic heterocycles. The predicted octanol–water partition coefficient (Wildman–Crippen LogP) is 1.33. The Hall–Kier alpha value is -0.610. The molecule has 0 amide bonds. The van der Waals surface area contributed by atoms with Crippen LogP contribution in [0.1, 0.15) is 40.0 Å². The molecule has 0 aromatic carbocycles. The summed E-state index contributed by atoms with van der Waals surface area (Å²) in [5.41, 5.74) is 0.236. The van der Waals surface area contributed by atoms with Crippen LogP contribution in [0.3, 0.4) is 0 Å². The van der Waals surface area contributed by atoms with Crippen LogP contribution in [0.25, 0.3) is 0 Å². The lowest BCUT2D eigenvalue weighted by Gasteiger charge is -2.25. The summed E-state index contributed by atoms with van der Waals surface area (Å²) in [5.74, 6) is -0.373. The van der Waals surface area contributed by atoms with Crippen molar-refractivity contribution in [2.24, 2.45) is 5.41 Å². The van der Waals surface area contributed by atoms with Gasteiger partial charge in [0, 0.05) is 13.1 Å². The van der Waals surface area contributed by atoms with Crippen LogP contribution >= 0.6 is 0 Å². The molecule has 0 heterocycles. The summed E-state index contributed by atoms with van der Waals surface area (Å²) in [6.45, 7) is 7.82. The average Bonchev–Trinajstić information content (AvgIpc) is 2.16. The lowest BCUT2D eigenvalue weighted by molar-refractivity contribution is -0.142. The molecule has 0 fully saturated rings. The van der Waals surface area contributed by atoms with Gasteiger partial charge in [-0.3, -0.25) is 4.79 Å². The Morgan fingerprint density at radius 3 is 2.62 bits per heavy atom. The monoisotopic (exact) mass is 231 g/mol. The molecule has 0 aliphatic rings. The first-order chi connectivity index (χ1) is 7.41. The first kappa shape index (κ1) is 15.4. The first-order valence-corrected chi connectivity index (χ1v) is 5.87. The van der Waals surface area contributed by atoms with Crippen LogP contribution in [0.2, 0.25) is 0 Å². The third kappa shape index (κ3) is 7.65. The highest BCUT2D eigenvalue weighted by molar-refractivity contribution is 5.69. The maximum Gasteiger partial charge on any atom is 0.308 e. The van der Waals surface area contributed by atoms with Crippen molar-refractivity contribution in [3.8, 4) is 0 Å². The van der Waals surface area contributed by atoms with Gasteiger partial charge in [-0.1, -0.05) is 27.2 Å². The summed E-state index contributed by atoms with van der Waals surface area (Å²) in [6.07, 6.45) is 1.69. The van der Waals surface area contributed by atoms with Crippen LogP contribution in [0, 0.1) is 5.41 Å². The number of hydrogen-bond donors (Lipinski definition) is 2. The van der Waals surface area contributed by atoms with Crippen molar-refractivity contribution in [2.75, 3.05) is 20.2 Å². The minimum atomic E-state index is -0.662. The SMILES string of the molecule is CCCC(C)(C)CNCC(O)CC(=O)OC. The van der Waals surface area contributed by atoms with Crippen LogP contribution in [0.15, 0.2) is 0 Å². The standard InChI is InChI=1S/C12H25NO3/c1-5-6-12(2,3)9-13-8-10(14)7-11(15)16-4/h10,13-14H,5-9H2,1-4H3. The fourth-order valence-corrected chi connectivity index (χ4v) is 1.69. The van der Waals surface area contributed by atoms with Crippen molar-refractivity contribution in [2.45, 2.75) is 46.1 Å². The Bertz CT molecular complexity index is 204. The summed E-state index contributed by atoms with van der Waals surface area (Å²) in [6, 6.07) is 0. The van der Waals surface area contributed by atoms with E-state index >= 15 is 0 Å². The number of methoxy groups -OCH3 is 1. The Balaban J connectivity index is 3.68. The van der Waals surface area contributed by atoms with E-state index in [1.165, 1.54) is 7.11 Å². The van der Waals surface area contributed by atoms with Gasteiger partial charge >= 0.3 is 5.97 Å². The van der Waals surface area contributed by atoms with E-state index in [-0.39, 0.29) is 17.8 Å². The van der Waals surface area contributed by atoms with Crippen LogP contribution in [0.5, 0.6) is 0 Å². The van der Waals surface area contributed by atoms with Crippen molar-refractivity contribution < 1.29 is 14.6 Å². The molecule has 2 N–H and O–H groups in total. The molecular weight excluding hydrogens is 206 g/mol. The van der Waals surface area contributed by atoms with Crippen molar-refractivity contribution in [1.82, 2.24) is 5.32 Å². The predicted molar refractivity (Wildman–Crippen MR) is 64.2 cm³/mol. The number of carbonyl (C=O) groups excluding carboxylic acids is 1. The van der Waals surface area contributed by atoms with Crippen molar-refractivity contribution in [3.05, 3.63) is 0 Å². The van der Waals surface area contributed by atoms with Gasteiger partial charge in [0.05, 0.1) is 19.6 Å². The van der Waals surface area contributed by atoms with Gasteiger partial charge in [-0.15, -0.1) is 0 Å². The van der Waals surface area contributed by atoms with Gasteiger partial charge in [-0.05, 0) is 11.8 Å². The number of carbonyl (C=O) groups is 1. The molecule has 4 heteroatoms. The molecule has 0 rings (SSSR count). The minimum Gasteiger partial charge on any atom is -0.469 e. The molecule has 0 aromatic heterocycles. The summed E-state index contributed by atoms with van der Waals surface area (Å²) in [5, 5.41) is 12.7. The summed E-state index contributed by atoms with van der Waals surface area (Å²) < 4.78 is 4.48. The van der Waals surface area contributed by atoms with E-state index in [0.717, 1.165) is 19.4 Å². The van der Waals surface area contributed by atoms with Gasteiger partial charge < -0.3 is 15.2 Å². The zero-order valence-corrected chi connectivity index (χ0v) is 10.9. The number of nitrogens with one attached hydrogen (secondary N) is 1. The van der Waals surface area contributed by atoms with E-state index < -0.39 is 6.10 Å². The van der Waals surface area contributed by atoms with Crippen molar-refractivity contribution in [3.63, 3.8) is 0 Å². The highest BCUT2D eigenvalue weighted by atomic mass is 16.5. The third-order valence-corrected chi connectivity index (χ3v) is 2.54.